The number of benzene rings is 2. The molecular formula is C23H28N4O2. The summed E-state index contributed by atoms with van der Waals surface area (Å²) in [5.41, 5.74) is 3.63. The monoisotopic (exact) mass is 392 g/mol. The largest absolute Gasteiger partial charge is 0.497 e. The van der Waals surface area contributed by atoms with Gasteiger partial charge in [-0.1, -0.05) is 18.2 Å². The zero-order valence-electron chi connectivity index (χ0n) is 17.1. The van der Waals surface area contributed by atoms with E-state index in [1.165, 1.54) is 11.3 Å². The van der Waals surface area contributed by atoms with Crippen LogP contribution in [-0.4, -0.2) is 50.6 Å². The average Bonchev–Trinajstić information content (AvgIpc) is 3.27. The second-order valence-electron chi connectivity index (χ2n) is 7.28. The number of nitrogens with one attached hydrogen (secondary N) is 1. The van der Waals surface area contributed by atoms with E-state index >= 15 is 0 Å². The van der Waals surface area contributed by atoms with Crippen LogP contribution in [0.2, 0.25) is 0 Å². The first-order valence-electron chi connectivity index (χ1n) is 10.1. The Bertz CT molecular complexity index is 895. The number of methoxy groups -OCH3 is 2. The number of para-hydroxylation sites is 1. The minimum atomic E-state index is 0.820. The van der Waals surface area contributed by atoms with E-state index < -0.39 is 0 Å². The molecule has 0 bridgehead atoms. The van der Waals surface area contributed by atoms with Crippen molar-refractivity contribution in [2.75, 3.05) is 50.2 Å². The molecule has 1 N–H and O–H groups in total. The average molecular weight is 393 g/mol. The Hall–Kier alpha value is -3.15. The van der Waals surface area contributed by atoms with Crippen molar-refractivity contribution in [1.82, 2.24) is 10.2 Å². The highest BCUT2D eigenvalue weighted by atomic mass is 16.5. The second-order valence-corrected chi connectivity index (χ2v) is 7.28. The Morgan fingerprint density at radius 2 is 1.48 bits per heavy atom. The minimum Gasteiger partial charge on any atom is -0.497 e. The molecule has 1 aliphatic rings. The van der Waals surface area contributed by atoms with E-state index in [1.807, 2.05) is 6.07 Å². The zero-order chi connectivity index (χ0) is 20.1. The van der Waals surface area contributed by atoms with Gasteiger partial charge in [0.2, 0.25) is 0 Å². The van der Waals surface area contributed by atoms with Crippen LogP contribution in [0.5, 0.6) is 11.5 Å². The highest BCUT2D eigenvalue weighted by Gasteiger charge is 2.19. The molecule has 2 heterocycles. The fraction of sp³-hybridized carbons (Fsp3) is 0.348. The van der Waals surface area contributed by atoms with Crippen LogP contribution in [0.15, 0.2) is 54.6 Å². The number of nitrogens with zero attached hydrogens (tertiary/aromatic N) is 3. The Morgan fingerprint density at radius 3 is 2.14 bits per heavy atom. The SMILES string of the molecule is COc1cc(CCc2cc(N3CCN(c4ccccc4)CC3)n[nH]2)cc(OC)c1. The highest BCUT2D eigenvalue weighted by Crippen LogP contribution is 2.24. The predicted molar refractivity (Wildman–Crippen MR) is 116 cm³/mol. The lowest BCUT2D eigenvalue weighted by Crippen LogP contribution is -2.46. The first-order chi connectivity index (χ1) is 14.2. The topological polar surface area (TPSA) is 53.6 Å². The van der Waals surface area contributed by atoms with Crippen molar-refractivity contribution in [1.29, 1.82) is 0 Å². The van der Waals surface area contributed by atoms with Crippen LogP contribution in [-0.2, 0) is 12.8 Å². The summed E-state index contributed by atoms with van der Waals surface area (Å²) in [6.45, 7) is 3.98. The van der Waals surface area contributed by atoms with Crippen molar-refractivity contribution in [2.24, 2.45) is 0 Å². The molecule has 0 aliphatic carbocycles. The quantitative estimate of drug-likeness (QED) is 0.667. The van der Waals surface area contributed by atoms with Gasteiger partial charge in [-0.05, 0) is 42.7 Å². The molecule has 4 rings (SSSR count). The van der Waals surface area contributed by atoms with Crippen molar-refractivity contribution in [3.05, 3.63) is 65.9 Å². The van der Waals surface area contributed by atoms with E-state index in [2.05, 4.69) is 68.5 Å². The Kier molecular flexibility index (Phi) is 5.89. The Balaban J connectivity index is 1.33. The molecule has 1 aliphatic heterocycles. The van der Waals surface area contributed by atoms with E-state index in [-0.39, 0.29) is 0 Å². The van der Waals surface area contributed by atoms with Crippen molar-refractivity contribution in [2.45, 2.75) is 12.8 Å². The molecule has 6 nitrogen and oxygen atoms in total. The van der Waals surface area contributed by atoms with Crippen molar-refractivity contribution in [3.8, 4) is 11.5 Å². The third kappa shape index (κ3) is 4.65. The molecule has 6 heteroatoms. The fourth-order valence-corrected chi connectivity index (χ4v) is 3.76. The molecular weight excluding hydrogens is 364 g/mol. The summed E-state index contributed by atoms with van der Waals surface area (Å²) < 4.78 is 10.7. The molecule has 0 radical (unpaired) electrons. The fourth-order valence-electron chi connectivity index (χ4n) is 3.76. The maximum atomic E-state index is 5.36. The Labute approximate surface area is 172 Å². The highest BCUT2D eigenvalue weighted by molar-refractivity contribution is 5.49. The molecule has 2 aromatic carbocycles. The standard InChI is InChI=1S/C23H28N4O2/c1-28-21-14-18(15-22(17-21)29-2)8-9-19-16-23(25-24-19)27-12-10-26(11-13-27)20-6-4-3-5-7-20/h3-7,14-17H,8-13H2,1-2H3,(H,24,25). The predicted octanol–water partition coefficient (Wildman–Crippen LogP) is 3.54. The number of aryl methyl sites for hydroxylation is 2. The van der Waals surface area contributed by atoms with Crippen LogP contribution in [0, 0.1) is 0 Å². The molecule has 1 fully saturated rings. The molecule has 0 unspecified atom stereocenters. The van der Waals surface area contributed by atoms with Gasteiger partial charge in [-0.2, -0.15) is 5.10 Å². The van der Waals surface area contributed by atoms with Gasteiger partial charge in [0.05, 0.1) is 14.2 Å². The van der Waals surface area contributed by atoms with Gasteiger partial charge in [-0.15, -0.1) is 0 Å². The summed E-state index contributed by atoms with van der Waals surface area (Å²) in [5, 5.41) is 7.76. The molecule has 0 amide bonds. The molecule has 0 spiro atoms. The maximum Gasteiger partial charge on any atom is 0.150 e. The van der Waals surface area contributed by atoms with Crippen molar-refractivity contribution < 1.29 is 9.47 Å². The van der Waals surface area contributed by atoms with Crippen molar-refractivity contribution >= 4 is 11.5 Å². The first kappa shape index (κ1) is 19.2. The van der Waals surface area contributed by atoms with Gasteiger partial charge in [0.15, 0.2) is 5.82 Å². The van der Waals surface area contributed by atoms with Gasteiger partial charge in [-0.3, -0.25) is 5.10 Å². The first-order valence-corrected chi connectivity index (χ1v) is 10.1. The van der Waals surface area contributed by atoms with Gasteiger partial charge in [0, 0.05) is 49.7 Å². The van der Waals surface area contributed by atoms with Crippen LogP contribution < -0.4 is 19.3 Å². The van der Waals surface area contributed by atoms with E-state index in [1.54, 1.807) is 14.2 Å². The number of anilines is 2. The Morgan fingerprint density at radius 1 is 0.828 bits per heavy atom. The lowest BCUT2D eigenvalue weighted by molar-refractivity contribution is 0.393. The van der Waals surface area contributed by atoms with E-state index in [0.717, 1.165) is 62.0 Å². The van der Waals surface area contributed by atoms with Gasteiger partial charge in [-0.25, -0.2) is 0 Å². The summed E-state index contributed by atoms with van der Waals surface area (Å²) in [4.78, 5) is 4.79. The van der Waals surface area contributed by atoms with Gasteiger partial charge < -0.3 is 19.3 Å². The maximum absolute atomic E-state index is 5.36. The number of hydrogen-bond donors (Lipinski definition) is 1. The third-order valence-electron chi connectivity index (χ3n) is 5.44. The summed E-state index contributed by atoms with van der Waals surface area (Å²) in [6, 6.07) is 18.8. The zero-order valence-corrected chi connectivity index (χ0v) is 17.1. The summed E-state index contributed by atoms with van der Waals surface area (Å²) in [6.07, 6.45) is 1.80. The summed E-state index contributed by atoms with van der Waals surface area (Å²) in [5.74, 6) is 2.68. The van der Waals surface area contributed by atoms with E-state index in [4.69, 9.17) is 9.47 Å². The number of aromatic nitrogens is 2. The number of H-pyrrole nitrogens is 1. The van der Waals surface area contributed by atoms with Crippen LogP contribution in [0.4, 0.5) is 11.5 Å². The lowest BCUT2D eigenvalue weighted by Gasteiger charge is -2.36. The normalized spacial score (nSPS) is 14.1. The summed E-state index contributed by atoms with van der Waals surface area (Å²) in [7, 11) is 3.36. The third-order valence-corrected chi connectivity index (χ3v) is 5.44. The van der Waals surface area contributed by atoms with Gasteiger partial charge in [0.25, 0.3) is 0 Å². The molecule has 1 aromatic heterocycles. The van der Waals surface area contributed by atoms with Crippen LogP contribution in [0.3, 0.4) is 0 Å². The number of ether oxygens (including phenoxy) is 2. The van der Waals surface area contributed by atoms with E-state index in [9.17, 15) is 0 Å². The molecule has 29 heavy (non-hydrogen) atoms. The molecule has 1 saturated heterocycles. The van der Waals surface area contributed by atoms with Crippen LogP contribution in [0.25, 0.3) is 0 Å². The molecule has 152 valence electrons. The van der Waals surface area contributed by atoms with Gasteiger partial charge in [0.1, 0.15) is 11.5 Å². The number of rotatable bonds is 7. The molecule has 0 saturated carbocycles. The number of hydrogen-bond acceptors (Lipinski definition) is 5. The number of aromatic amines is 1. The minimum absolute atomic E-state index is 0.820. The van der Waals surface area contributed by atoms with Crippen LogP contribution >= 0.6 is 0 Å². The second kappa shape index (κ2) is 8.90. The summed E-state index contributed by atoms with van der Waals surface area (Å²) >= 11 is 0. The van der Waals surface area contributed by atoms with Gasteiger partial charge >= 0.3 is 0 Å². The van der Waals surface area contributed by atoms with E-state index in [0.29, 0.717) is 0 Å². The van der Waals surface area contributed by atoms with Crippen LogP contribution in [0.1, 0.15) is 11.3 Å². The lowest BCUT2D eigenvalue weighted by atomic mass is 10.1. The molecule has 0 atom stereocenters. The van der Waals surface area contributed by atoms with Crippen molar-refractivity contribution in [3.63, 3.8) is 0 Å². The smallest absolute Gasteiger partial charge is 0.150 e. The number of piperazine rings is 1. The molecule has 3 aromatic rings.